The van der Waals surface area contributed by atoms with Gasteiger partial charge < -0.3 is 5.11 Å². The van der Waals surface area contributed by atoms with E-state index in [1.807, 2.05) is 42.5 Å². The Kier molecular flexibility index (Phi) is 3.69. The number of aromatic hydroxyl groups is 1. The van der Waals surface area contributed by atoms with E-state index in [1.54, 1.807) is 12.1 Å². The van der Waals surface area contributed by atoms with E-state index in [9.17, 15) is 5.11 Å². The number of thioether (sulfide) groups is 1. The smallest absolute Gasteiger partial charge is 0.134 e. The van der Waals surface area contributed by atoms with Crippen molar-refractivity contribution in [1.82, 2.24) is 0 Å². The van der Waals surface area contributed by atoms with Crippen LogP contribution in [0.15, 0.2) is 54.6 Å². The van der Waals surface area contributed by atoms with Gasteiger partial charge in [-0.3, -0.25) is 0 Å². The van der Waals surface area contributed by atoms with Gasteiger partial charge in [-0.1, -0.05) is 48.5 Å². The average molecular weight is 241 g/mol. The molecule has 0 aliphatic carbocycles. The van der Waals surface area contributed by atoms with Gasteiger partial charge in [0.15, 0.2) is 0 Å². The number of hydrogen-bond acceptors (Lipinski definition) is 3. The van der Waals surface area contributed by atoms with Gasteiger partial charge in [0.25, 0.3) is 0 Å². The number of rotatable bonds is 3. The second kappa shape index (κ2) is 5.42. The molecule has 1 N–H and O–H groups in total. The number of phenolic OH excluding ortho intramolecular Hbond substituents is 1. The fourth-order valence-electron chi connectivity index (χ4n) is 1.70. The van der Waals surface area contributed by atoms with Gasteiger partial charge in [0.2, 0.25) is 0 Å². The summed E-state index contributed by atoms with van der Waals surface area (Å²) in [5, 5.41) is 20.7. The normalized spacial score (nSPS) is 11.7. The fourth-order valence-corrected chi connectivity index (χ4v) is 2.43. The van der Waals surface area contributed by atoms with Crippen molar-refractivity contribution >= 4 is 11.8 Å². The topological polar surface area (TPSA) is 44.0 Å². The molecule has 3 heteroatoms. The Hall–Kier alpha value is -1.92. The van der Waals surface area contributed by atoms with Crippen molar-refractivity contribution in [2.45, 2.75) is 5.25 Å². The van der Waals surface area contributed by atoms with Gasteiger partial charge in [-0.05, 0) is 23.4 Å². The largest absolute Gasteiger partial charge is 0.508 e. The van der Waals surface area contributed by atoms with Crippen molar-refractivity contribution in [3.05, 3.63) is 65.7 Å². The number of hydrogen-bond donors (Lipinski definition) is 1. The highest BCUT2D eigenvalue weighted by atomic mass is 32.2. The summed E-state index contributed by atoms with van der Waals surface area (Å²) in [6.07, 6.45) is 0. The number of nitriles is 1. The molecule has 0 aliphatic heterocycles. The highest BCUT2D eigenvalue weighted by Gasteiger charge is 2.17. The molecular weight excluding hydrogens is 230 g/mol. The molecule has 0 saturated carbocycles. The van der Waals surface area contributed by atoms with Crippen LogP contribution >= 0.6 is 11.8 Å². The molecule has 0 amide bonds. The maximum Gasteiger partial charge on any atom is 0.134 e. The number of nitrogens with zero attached hydrogens (tertiary/aromatic N) is 1. The summed E-state index contributed by atoms with van der Waals surface area (Å²) in [5.41, 5.74) is 1.78. The monoisotopic (exact) mass is 241 g/mol. The van der Waals surface area contributed by atoms with Crippen LogP contribution in [0.1, 0.15) is 16.4 Å². The highest BCUT2D eigenvalue weighted by molar-refractivity contribution is 8.04. The molecule has 2 nitrogen and oxygen atoms in total. The molecule has 0 spiro atoms. The lowest BCUT2D eigenvalue weighted by atomic mass is 10.0. The number of thiocyanates is 1. The number of phenols is 1. The van der Waals surface area contributed by atoms with Crippen LogP contribution in [0, 0.1) is 10.7 Å². The summed E-state index contributed by atoms with van der Waals surface area (Å²) in [4.78, 5) is 0. The lowest BCUT2D eigenvalue weighted by Crippen LogP contribution is -1.95. The van der Waals surface area contributed by atoms with Gasteiger partial charge in [0.1, 0.15) is 11.2 Å². The summed E-state index contributed by atoms with van der Waals surface area (Å²) >= 11 is 1.14. The lowest BCUT2D eigenvalue weighted by molar-refractivity contribution is 0.469. The Morgan fingerprint density at radius 1 is 1.00 bits per heavy atom. The predicted molar refractivity (Wildman–Crippen MR) is 69.6 cm³/mol. The first kappa shape index (κ1) is 11.6. The molecule has 2 aromatic carbocycles. The summed E-state index contributed by atoms with van der Waals surface area (Å²) < 4.78 is 0. The molecule has 84 valence electrons. The van der Waals surface area contributed by atoms with Crippen LogP contribution in [0.4, 0.5) is 0 Å². The van der Waals surface area contributed by atoms with Crippen molar-refractivity contribution in [1.29, 1.82) is 5.26 Å². The molecule has 1 atom stereocenters. The second-order valence-electron chi connectivity index (χ2n) is 3.56. The third-order valence-corrected chi connectivity index (χ3v) is 3.36. The zero-order valence-corrected chi connectivity index (χ0v) is 9.89. The van der Waals surface area contributed by atoms with Crippen LogP contribution in [0.2, 0.25) is 0 Å². The molecule has 0 radical (unpaired) electrons. The molecule has 2 rings (SSSR count). The van der Waals surface area contributed by atoms with Gasteiger partial charge >= 0.3 is 0 Å². The van der Waals surface area contributed by atoms with Crippen molar-refractivity contribution in [3.8, 4) is 11.2 Å². The molecule has 0 aliphatic rings. The Labute approximate surface area is 105 Å². The van der Waals surface area contributed by atoms with Crippen LogP contribution < -0.4 is 0 Å². The van der Waals surface area contributed by atoms with E-state index in [-0.39, 0.29) is 11.0 Å². The van der Waals surface area contributed by atoms with Crippen molar-refractivity contribution in [3.63, 3.8) is 0 Å². The average Bonchev–Trinajstić information content (AvgIpc) is 2.38. The zero-order chi connectivity index (χ0) is 12.1. The molecule has 1 unspecified atom stereocenters. The summed E-state index contributed by atoms with van der Waals surface area (Å²) in [6.45, 7) is 0. The van der Waals surface area contributed by atoms with Crippen LogP contribution in [-0.4, -0.2) is 5.11 Å². The van der Waals surface area contributed by atoms with Gasteiger partial charge in [-0.25, -0.2) is 0 Å². The van der Waals surface area contributed by atoms with Crippen LogP contribution in [-0.2, 0) is 0 Å². The lowest BCUT2D eigenvalue weighted by Gasteiger charge is -2.14. The molecule has 0 fully saturated rings. The fraction of sp³-hybridized carbons (Fsp3) is 0.0714. The first-order valence-corrected chi connectivity index (χ1v) is 6.08. The molecule has 17 heavy (non-hydrogen) atoms. The van der Waals surface area contributed by atoms with E-state index in [2.05, 4.69) is 5.40 Å². The van der Waals surface area contributed by atoms with Gasteiger partial charge in [0, 0.05) is 5.56 Å². The Balaban J connectivity index is 2.44. The van der Waals surface area contributed by atoms with Gasteiger partial charge in [-0.15, -0.1) is 0 Å². The van der Waals surface area contributed by atoms with Crippen molar-refractivity contribution < 1.29 is 5.11 Å². The number of para-hydroxylation sites is 1. The van der Waals surface area contributed by atoms with E-state index in [4.69, 9.17) is 5.26 Å². The van der Waals surface area contributed by atoms with E-state index in [0.29, 0.717) is 0 Å². The zero-order valence-electron chi connectivity index (χ0n) is 9.08. The molecule has 0 aromatic heterocycles. The molecule has 0 saturated heterocycles. The number of benzene rings is 2. The summed E-state index contributed by atoms with van der Waals surface area (Å²) in [7, 11) is 0. The molecular formula is C14H11NOS. The first-order valence-electron chi connectivity index (χ1n) is 5.20. The Morgan fingerprint density at radius 3 is 2.29 bits per heavy atom. The predicted octanol–water partition coefficient (Wildman–Crippen LogP) is 3.70. The molecule has 0 heterocycles. The molecule has 2 aromatic rings. The standard InChI is InChI=1S/C14H11NOS/c15-10-17-14(11-6-2-1-3-7-11)12-8-4-5-9-13(12)16/h1-9,14,16H. The summed E-state index contributed by atoms with van der Waals surface area (Å²) in [5.74, 6) is 0.226. The van der Waals surface area contributed by atoms with Crippen molar-refractivity contribution in [2.24, 2.45) is 0 Å². The Morgan fingerprint density at radius 2 is 1.65 bits per heavy atom. The molecule has 0 bridgehead atoms. The van der Waals surface area contributed by atoms with Crippen LogP contribution in [0.3, 0.4) is 0 Å². The minimum absolute atomic E-state index is 0.151. The third-order valence-electron chi connectivity index (χ3n) is 2.49. The van der Waals surface area contributed by atoms with Crippen molar-refractivity contribution in [2.75, 3.05) is 0 Å². The van der Waals surface area contributed by atoms with Gasteiger partial charge in [-0.2, -0.15) is 5.26 Å². The maximum absolute atomic E-state index is 9.85. The van der Waals surface area contributed by atoms with Gasteiger partial charge in [0.05, 0.1) is 5.25 Å². The second-order valence-corrected chi connectivity index (χ2v) is 4.45. The maximum atomic E-state index is 9.85. The van der Waals surface area contributed by atoms with E-state index >= 15 is 0 Å². The quantitative estimate of drug-likeness (QED) is 0.833. The van der Waals surface area contributed by atoms with E-state index in [1.165, 1.54) is 0 Å². The van der Waals surface area contributed by atoms with Crippen LogP contribution in [0.5, 0.6) is 5.75 Å². The van der Waals surface area contributed by atoms with E-state index in [0.717, 1.165) is 22.9 Å². The first-order chi connectivity index (χ1) is 8.33. The minimum Gasteiger partial charge on any atom is -0.508 e. The van der Waals surface area contributed by atoms with Crippen LogP contribution in [0.25, 0.3) is 0 Å². The summed E-state index contributed by atoms with van der Waals surface area (Å²) in [6, 6.07) is 16.8. The third kappa shape index (κ3) is 2.61. The Bertz CT molecular complexity index is 533. The van der Waals surface area contributed by atoms with E-state index < -0.39 is 0 Å². The highest BCUT2D eigenvalue weighted by Crippen LogP contribution is 2.38. The minimum atomic E-state index is -0.151. The SMILES string of the molecule is N#CSC(c1ccccc1)c1ccccc1O.